The van der Waals surface area contributed by atoms with Crippen molar-refractivity contribution in [1.82, 2.24) is 5.06 Å². The number of hydrogen-bond donors (Lipinski definition) is 1. The molecule has 2 heteroatoms. The summed E-state index contributed by atoms with van der Waals surface area (Å²) in [6, 6.07) is 1.01. The lowest BCUT2D eigenvalue weighted by molar-refractivity contribution is -0.178. The number of rotatable bonds is 2. The van der Waals surface area contributed by atoms with E-state index in [1.54, 1.807) is 5.06 Å². The van der Waals surface area contributed by atoms with E-state index in [0.29, 0.717) is 12.1 Å². The first kappa shape index (κ1) is 10.1. The van der Waals surface area contributed by atoms with Crippen LogP contribution in [-0.2, 0) is 0 Å². The highest BCUT2D eigenvalue weighted by Gasteiger charge is 2.43. The van der Waals surface area contributed by atoms with E-state index in [9.17, 15) is 5.21 Å². The molecular weight excluding hydrogens is 186 g/mol. The summed E-state index contributed by atoms with van der Waals surface area (Å²) in [5, 5.41) is 12.1. The lowest BCUT2D eigenvalue weighted by atomic mass is 9.90. The van der Waals surface area contributed by atoms with Crippen molar-refractivity contribution in [1.29, 1.82) is 0 Å². The standard InChI is InChI=1S/C13H23NO/c15-14(12-4-2-1-3-5-12)13-9-10-6-7-11(13)8-10/h10-13,15H,1-9H2. The van der Waals surface area contributed by atoms with Crippen molar-refractivity contribution < 1.29 is 5.21 Å². The predicted octanol–water partition coefficient (Wildman–Crippen LogP) is 3.20. The van der Waals surface area contributed by atoms with E-state index in [2.05, 4.69) is 0 Å². The molecule has 3 atom stereocenters. The zero-order valence-corrected chi connectivity index (χ0v) is 9.57. The van der Waals surface area contributed by atoms with Crippen molar-refractivity contribution in [2.24, 2.45) is 11.8 Å². The van der Waals surface area contributed by atoms with Crippen LogP contribution in [0.25, 0.3) is 0 Å². The smallest absolute Gasteiger partial charge is 0.0384 e. The van der Waals surface area contributed by atoms with Crippen LogP contribution in [0.15, 0.2) is 0 Å². The van der Waals surface area contributed by atoms with Crippen LogP contribution >= 0.6 is 0 Å². The SMILES string of the molecule is ON(C1CCCCC1)C1CC2CCC1C2. The molecule has 86 valence electrons. The third-order valence-electron chi connectivity index (χ3n) is 4.99. The van der Waals surface area contributed by atoms with E-state index in [1.807, 2.05) is 0 Å². The Balaban J connectivity index is 1.61. The molecule has 3 fully saturated rings. The van der Waals surface area contributed by atoms with Gasteiger partial charge in [-0.1, -0.05) is 25.7 Å². The second-order valence-electron chi connectivity index (χ2n) is 5.91. The van der Waals surface area contributed by atoms with Gasteiger partial charge in [-0.05, 0) is 43.9 Å². The molecule has 0 aromatic heterocycles. The summed E-state index contributed by atoms with van der Waals surface area (Å²) in [5.41, 5.74) is 0. The van der Waals surface area contributed by atoms with Gasteiger partial charge in [-0.3, -0.25) is 0 Å². The van der Waals surface area contributed by atoms with E-state index in [4.69, 9.17) is 0 Å². The first-order chi connectivity index (χ1) is 7.34. The van der Waals surface area contributed by atoms with Gasteiger partial charge in [0.05, 0.1) is 0 Å². The Morgan fingerprint density at radius 2 is 1.67 bits per heavy atom. The topological polar surface area (TPSA) is 23.5 Å². The number of hydrogen-bond acceptors (Lipinski definition) is 2. The first-order valence-electron chi connectivity index (χ1n) is 6.82. The van der Waals surface area contributed by atoms with Gasteiger partial charge < -0.3 is 5.21 Å². The fourth-order valence-corrected chi connectivity index (χ4v) is 4.15. The van der Waals surface area contributed by atoms with Crippen molar-refractivity contribution in [3.05, 3.63) is 0 Å². The van der Waals surface area contributed by atoms with E-state index < -0.39 is 0 Å². The molecule has 3 unspecified atom stereocenters. The molecule has 0 aliphatic heterocycles. The summed E-state index contributed by atoms with van der Waals surface area (Å²) in [4.78, 5) is 0. The molecule has 2 nitrogen and oxygen atoms in total. The van der Waals surface area contributed by atoms with Gasteiger partial charge >= 0.3 is 0 Å². The van der Waals surface area contributed by atoms with Crippen LogP contribution < -0.4 is 0 Å². The highest BCUT2D eigenvalue weighted by molar-refractivity contribution is 4.95. The van der Waals surface area contributed by atoms with Crippen LogP contribution in [0.2, 0.25) is 0 Å². The van der Waals surface area contributed by atoms with Crippen LogP contribution in [0.5, 0.6) is 0 Å². The van der Waals surface area contributed by atoms with Crippen molar-refractivity contribution in [2.45, 2.75) is 69.9 Å². The average Bonchev–Trinajstić information content (AvgIpc) is 2.91. The molecule has 0 saturated heterocycles. The van der Waals surface area contributed by atoms with Crippen LogP contribution in [-0.4, -0.2) is 22.4 Å². The van der Waals surface area contributed by atoms with E-state index >= 15 is 0 Å². The molecule has 1 N–H and O–H groups in total. The minimum atomic E-state index is 0.489. The minimum Gasteiger partial charge on any atom is -0.313 e. The highest BCUT2D eigenvalue weighted by atomic mass is 16.5. The highest BCUT2D eigenvalue weighted by Crippen LogP contribution is 2.47. The first-order valence-corrected chi connectivity index (χ1v) is 6.82. The summed E-state index contributed by atoms with van der Waals surface area (Å²) >= 11 is 0. The second kappa shape index (κ2) is 4.06. The zero-order valence-electron chi connectivity index (χ0n) is 9.57. The van der Waals surface area contributed by atoms with Gasteiger partial charge in [0, 0.05) is 12.1 Å². The fraction of sp³-hybridized carbons (Fsp3) is 1.00. The summed E-state index contributed by atoms with van der Waals surface area (Å²) in [6.07, 6.45) is 12.0. The molecule has 0 heterocycles. The van der Waals surface area contributed by atoms with E-state index in [1.165, 1.54) is 57.8 Å². The Bertz CT molecular complexity index is 225. The molecule has 0 spiro atoms. The van der Waals surface area contributed by atoms with Crippen LogP contribution in [0.4, 0.5) is 0 Å². The predicted molar refractivity (Wildman–Crippen MR) is 59.7 cm³/mol. The Morgan fingerprint density at radius 1 is 0.867 bits per heavy atom. The third kappa shape index (κ3) is 1.83. The van der Waals surface area contributed by atoms with Crippen molar-refractivity contribution in [3.63, 3.8) is 0 Å². The van der Waals surface area contributed by atoms with Gasteiger partial charge in [0.25, 0.3) is 0 Å². The molecule has 3 aliphatic rings. The van der Waals surface area contributed by atoms with Crippen molar-refractivity contribution in [2.75, 3.05) is 0 Å². The van der Waals surface area contributed by atoms with Gasteiger partial charge in [0.15, 0.2) is 0 Å². The van der Waals surface area contributed by atoms with E-state index in [-0.39, 0.29) is 0 Å². The average molecular weight is 209 g/mol. The maximum atomic E-state index is 10.3. The van der Waals surface area contributed by atoms with Crippen LogP contribution in [0.3, 0.4) is 0 Å². The molecule has 15 heavy (non-hydrogen) atoms. The van der Waals surface area contributed by atoms with Gasteiger partial charge in [-0.2, -0.15) is 5.06 Å². The fourth-order valence-electron chi connectivity index (χ4n) is 4.15. The number of fused-ring (bicyclic) bond motifs is 2. The van der Waals surface area contributed by atoms with Crippen LogP contribution in [0.1, 0.15) is 57.8 Å². The molecule has 3 rings (SSSR count). The molecule has 0 amide bonds. The van der Waals surface area contributed by atoms with Gasteiger partial charge in [0.1, 0.15) is 0 Å². The largest absolute Gasteiger partial charge is 0.313 e. The van der Waals surface area contributed by atoms with Gasteiger partial charge in [0.2, 0.25) is 0 Å². The molecule has 2 bridgehead atoms. The zero-order chi connectivity index (χ0) is 10.3. The minimum absolute atomic E-state index is 0.489. The Morgan fingerprint density at radius 3 is 2.27 bits per heavy atom. The molecule has 3 aliphatic carbocycles. The summed E-state index contributed by atoms with van der Waals surface area (Å²) < 4.78 is 0. The Labute approximate surface area is 92.6 Å². The number of nitrogens with zero attached hydrogens (tertiary/aromatic N) is 1. The molecule has 0 aromatic rings. The lowest BCUT2D eigenvalue weighted by Crippen LogP contribution is -2.44. The maximum Gasteiger partial charge on any atom is 0.0384 e. The molecule has 3 saturated carbocycles. The lowest BCUT2D eigenvalue weighted by Gasteiger charge is -2.37. The summed E-state index contributed by atoms with van der Waals surface area (Å²) in [7, 11) is 0. The van der Waals surface area contributed by atoms with Gasteiger partial charge in [-0.15, -0.1) is 0 Å². The second-order valence-corrected chi connectivity index (χ2v) is 5.91. The van der Waals surface area contributed by atoms with Crippen molar-refractivity contribution in [3.8, 4) is 0 Å². The molecular formula is C13H23NO. The maximum absolute atomic E-state index is 10.3. The normalized spacial score (nSPS) is 41.6. The quantitative estimate of drug-likeness (QED) is 0.706. The number of hydroxylamine groups is 2. The Kier molecular flexibility index (Phi) is 2.73. The van der Waals surface area contributed by atoms with E-state index in [0.717, 1.165) is 11.8 Å². The Hall–Kier alpha value is -0.0800. The van der Waals surface area contributed by atoms with Gasteiger partial charge in [-0.25, -0.2) is 0 Å². The molecule has 0 aromatic carbocycles. The van der Waals surface area contributed by atoms with Crippen molar-refractivity contribution >= 4 is 0 Å². The van der Waals surface area contributed by atoms with Crippen LogP contribution in [0, 0.1) is 11.8 Å². The summed E-state index contributed by atoms with van der Waals surface area (Å²) in [5.74, 6) is 1.76. The monoisotopic (exact) mass is 209 g/mol. The molecule has 0 radical (unpaired) electrons. The summed E-state index contributed by atoms with van der Waals surface area (Å²) in [6.45, 7) is 0. The third-order valence-corrected chi connectivity index (χ3v) is 4.99.